The number of carbonyl (C=O) groups excluding carboxylic acids is 1. The van der Waals surface area contributed by atoms with Gasteiger partial charge in [-0.1, -0.05) is 34.8 Å². The molecule has 1 saturated carbocycles. The van der Waals surface area contributed by atoms with Gasteiger partial charge in [-0.2, -0.15) is 4.31 Å². The number of hydrogen-bond acceptors (Lipinski definition) is 4. The molecule has 21 heavy (non-hydrogen) atoms. The molecule has 1 aliphatic rings. The lowest BCUT2D eigenvalue weighted by molar-refractivity contribution is -0.141. The lowest BCUT2D eigenvalue weighted by atomic mass is 10.2. The van der Waals surface area contributed by atoms with Crippen molar-refractivity contribution in [2.75, 3.05) is 13.7 Å². The largest absolute Gasteiger partial charge is 0.468 e. The molecule has 1 fully saturated rings. The van der Waals surface area contributed by atoms with Crippen LogP contribution in [0.3, 0.4) is 0 Å². The summed E-state index contributed by atoms with van der Waals surface area (Å²) in [6, 6.07) is 6.39. The predicted molar refractivity (Wildman–Crippen MR) is 82.3 cm³/mol. The van der Waals surface area contributed by atoms with Crippen LogP contribution >= 0.6 is 15.9 Å². The standard InChI is InChI=1S/C14H18BrNO4S/c1-20-14(17)10-16(12-6-2-3-7-12)21(18,19)13-8-4-5-11(15)9-13/h4-5,8-9,12H,2-3,6-7,10H2,1H3. The molecule has 0 radical (unpaired) electrons. The first-order chi connectivity index (χ1) is 9.95. The SMILES string of the molecule is COC(=O)CN(C1CCCC1)S(=O)(=O)c1cccc(Br)c1. The van der Waals surface area contributed by atoms with Crippen molar-refractivity contribution in [3.05, 3.63) is 28.7 Å². The van der Waals surface area contributed by atoms with Crippen LogP contribution in [0, 0.1) is 0 Å². The van der Waals surface area contributed by atoms with Crippen LogP contribution in [0.4, 0.5) is 0 Å². The minimum Gasteiger partial charge on any atom is -0.468 e. The highest BCUT2D eigenvalue weighted by Gasteiger charge is 2.35. The van der Waals surface area contributed by atoms with Gasteiger partial charge >= 0.3 is 5.97 Å². The normalized spacial score (nSPS) is 16.3. The summed E-state index contributed by atoms with van der Waals surface area (Å²) in [6.45, 7) is -0.240. The molecule has 0 bridgehead atoms. The molecule has 1 aliphatic carbocycles. The first-order valence-corrected chi connectivity index (χ1v) is 9.02. The first-order valence-electron chi connectivity index (χ1n) is 6.79. The summed E-state index contributed by atoms with van der Waals surface area (Å²) in [4.78, 5) is 11.8. The molecular formula is C14H18BrNO4S. The summed E-state index contributed by atoms with van der Waals surface area (Å²) in [5, 5.41) is 0. The number of carbonyl (C=O) groups is 1. The zero-order valence-electron chi connectivity index (χ0n) is 11.8. The Kier molecular flexibility index (Phi) is 5.40. The van der Waals surface area contributed by atoms with Gasteiger partial charge in [-0.05, 0) is 31.0 Å². The molecule has 0 spiro atoms. The molecule has 5 nitrogen and oxygen atoms in total. The van der Waals surface area contributed by atoms with Gasteiger partial charge in [-0.25, -0.2) is 8.42 Å². The van der Waals surface area contributed by atoms with E-state index >= 15 is 0 Å². The number of sulfonamides is 1. The van der Waals surface area contributed by atoms with Crippen molar-refractivity contribution in [1.82, 2.24) is 4.31 Å². The average Bonchev–Trinajstić information content (AvgIpc) is 2.98. The molecule has 1 aromatic rings. The summed E-state index contributed by atoms with van der Waals surface area (Å²) in [7, 11) is -2.44. The van der Waals surface area contributed by atoms with Gasteiger partial charge in [-0.15, -0.1) is 0 Å². The van der Waals surface area contributed by atoms with Crippen LogP contribution in [0.15, 0.2) is 33.6 Å². The number of nitrogens with zero attached hydrogens (tertiary/aromatic N) is 1. The summed E-state index contributed by atoms with van der Waals surface area (Å²) in [5.74, 6) is -0.541. The number of rotatable bonds is 5. The predicted octanol–water partition coefficient (Wildman–Crippen LogP) is 2.56. The van der Waals surface area contributed by atoms with E-state index in [-0.39, 0.29) is 17.5 Å². The van der Waals surface area contributed by atoms with E-state index in [2.05, 4.69) is 20.7 Å². The second-order valence-corrected chi connectivity index (χ2v) is 7.83. The Hall–Kier alpha value is -0.920. The van der Waals surface area contributed by atoms with Gasteiger partial charge in [0.15, 0.2) is 0 Å². The number of methoxy groups -OCH3 is 1. The number of halogens is 1. The molecule has 0 amide bonds. The molecule has 0 saturated heterocycles. The van der Waals surface area contributed by atoms with Crippen molar-refractivity contribution < 1.29 is 17.9 Å². The highest BCUT2D eigenvalue weighted by molar-refractivity contribution is 9.10. The molecule has 7 heteroatoms. The van der Waals surface area contributed by atoms with E-state index in [1.165, 1.54) is 11.4 Å². The fourth-order valence-corrected chi connectivity index (χ4v) is 4.78. The van der Waals surface area contributed by atoms with Crippen molar-refractivity contribution in [3.63, 3.8) is 0 Å². The number of ether oxygens (including phenoxy) is 1. The molecule has 0 N–H and O–H groups in total. The Labute approximate surface area is 133 Å². The average molecular weight is 376 g/mol. The van der Waals surface area contributed by atoms with Gasteiger partial charge in [0.05, 0.1) is 12.0 Å². The monoisotopic (exact) mass is 375 g/mol. The molecule has 0 unspecified atom stereocenters. The lowest BCUT2D eigenvalue weighted by Crippen LogP contribution is -2.42. The second kappa shape index (κ2) is 6.89. The molecule has 0 aliphatic heterocycles. The maximum atomic E-state index is 12.8. The summed E-state index contributed by atoms with van der Waals surface area (Å²) >= 11 is 3.28. The molecule has 116 valence electrons. The minimum absolute atomic E-state index is 0.131. The smallest absolute Gasteiger partial charge is 0.321 e. The van der Waals surface area contributed by atoms with Gasteiger partial charge in [0, 0.05) is 10.5 Å². The Balaban J connectivity index is 2.36. The van der Waals surface area contributed by atoms with E-state index in [4.69, 9.17) is 0 Å². The van der Waals surface area contributed by atoms with Crippen LogP contribution in [-0.4, -0.2) is 38.4 Å². The second-order valence-electron chi connectivity index (χ2n) is 5.02. The Bertz CT molecular complexity index is 611. The van der Waals surface area contributed by atoms with Crippen molar-refractivity contribution in [3.8, 4) is 0 Å². The maximum Gasteiger partial charge on any atom is 0.321 e. The van der Waals surface area contributed by atoms with E-state index in [9.17, 15) is 13.2 Å². The quantitative estimate of drug-likeness (QED) is 0.741. The zero-order chi connectivity index (χ0) is 15.5. The third kappa shape index (κ3) is 3.84. The fraction of sp³-hybridized carbons (Fsp3) is 0.500. The fourth-order valence-electron chi connectivity index (χ4n) is 2.56. The number of esters is 1. The third-order valence-corrected chi connectivity index (χ3v) is 6.03. The minimum atomic E-state index is -3.71. The van der Waals surface area contributed by atoms with Crippen LogP contribution in [-0.2, 0) is 19.6 Å². The molecule has 0 aromatic heterocycles. The van der Waals surface area contributed by atoms with Crippen molar-refractivity contribution in [1.29, 1.82) is 0 Å². The van der Waals surface area contributed by atoms with Gasteiger partial charge in [0.1, 0.15) is 6.54 Å². The number of hydrogen-bond donors (Lipinski definition) is 0. The molecule has 0 heterocycles. The topological polar surface area (TPSA) is 63.7 Å². The Morgan fingerprint density at radius 1 is 1.38 bits per heavy atom. The van der Waals surface area contributed by atoms with E-state index in [0.717, 1.165) is 25.7 Å². The third-order valence-electron chi connectivity index (χ3n) is 3.65. The van der Waals surface area contributed by atoms with E-state index in [1.54, 1.807) is 24.3 Å². The summed E-state index contributed by atoms with van der Waals surface area (Å²) in [5.41, 5.74) is 0. The van der Waals surface area contributed by atoms with Crippen LogP contribution in [0.2, 0.25) is 0 Å². The van der Waals surface area contributed by atoms with Crippen molar-refractivity contribution >= 4 is 31.9 Å². The Morgan fingerprint density at radius 3 is 2.62 bits per heavy atom. The van der Waals surface area contributed by atoms with Gasteiger partial charge in [0.25, 0.3) is 0 Å². The molecule has 1 aromatic carbocycles. The first kappa shape index (κ1) is 16.5. The molecule has 2 rings (SSSR count). The molecule has 0 atom stereocenters. The lowest BCUT2D eigenvalue weighted by Gasteiger charge is -2.27. The van der Waals surface area contributed by atoms with Gasteiger partial charge in [0.2, 0.25) is 10.0 Å². The summed E-state index contributed by atoms with van der Waals surface area (Å²) in [6.07, 6.45) is 3.53. The van der Waals surface area contributed by atoms with E-state index in [0.29, 0.717) is 4.47 Å². The van der Waals surface area contributed by atoms with E-state index < -0.39 is 16.0 Å². The van der Waals surface area contributed by atoms with Crippen LogP contribution in [0.1, 0.15) is 25.7 Å². The Morgan fingerprint density at radius 2 is 2.05 bits per heavy atom. The van der Waals surface area contributed by atoms with Crippen LogP contribution in [0.5, 0.6) is 0 Å². The van der Waals surface area contributed by atoms with Crippen LogP contribution < -0.4 is 0 Å². The highest BCUT2D eigenvalue weighted by atomic mass is 79.9. The molecular weight excluding hydrogens is 358 g/mol. The van der Waals surface area contributed by atoms with Crippen molar-refractivity contribution in [2.24, 2.45) is 0 Å². The van der Waals surface area contributed by atoms with Crippen molar-refractivity contribution in [2.45, 2.75) is 36.6 Å². The zero-order valence-corrected chi connectivity index (χ0v) is 14.2. The van der Waals surface area contributed by atoms with Crippen LogP contribution in [0.25, 0.3) is 0 Å². The van der Waals surface area contributed by atoms with Gasteiger partial charge in [-0.3, -0.25) is 4.79 Å². The van der Waals surface area contributed by atoms with E-state index in [1.807, 2.05) is 0 Å². The maximum absolute atomic E-state index is 12.8. The highest BCUT2D eigenvalue weighted by Crippen LogP contribution is 2.29. The summed E-state index contributed by atoms with van der Waals surface area (Å²) < 4.78 is 32.3. The number of benzene rings is 1. The van der Waals surface area contributed by atoms with Gasteiger partial charge < -0.3 is 4.74 Å².